The normalized spacial score (nSPS) is 49.7. The Labute approximate surface area is 380 Å². The SMILES string of the molecule is CC[C@@H](O)C[C@@H]1O[C@@]2(CC[C@@H]1C)C[C@@H]1OC(=O)/C=C/[C@@](C)(O)[C@@H](O)[C@@H](C)[C@@H](O)[C@H](O[C@H]3C[C@H](OC)[C@H](O)[C@@H](C)O3)[C@@H](O)[C@](C)(O)CCC/C=C/[C@@H]3C[C@H](C)CO[C@@]3(OC)C[C@H](O2)[C@H]1C. The summed E-state index contributed by atoms with van der Waals surface area (Å²) >= 11 is 0. The van der Waals surface area contributed by atoms with Gasteiger partial charge in [0, 0.05) is 63.7 Å². The van der Waals surface area contributed by atoms with E-state index in [1.165, 1.54) is 27.9 Å². The maximum atomic E-state index is 13.8. The molecule has 4 fully saturated rings. The predicted octanol–water partition coefficient (Wildman–Crippen LogP) is 3.81. The smallest absolute Gasteiger partial charge is 0.330 e. The second-order valence-electron chi connectivity index (χ2n) is 20.4. The zero-order valence-electron chi connectivity index (χ0n) is 39.9. The summed E-state index contributed by atoms with van der Waals surface area (Å²) in [5, 5.41) is 80.2. The number of hydrogen-bond acceptors (Lipinski definition) is 16. The minimum absolute atomic E-state index is 0.0399. The van der Waals surface area contributed by atoms with Crippen LogP contribution in [0.5, 0.6) is 0 Å². The number of esters is 1. The van der Waals surface area contributed by atoms with Crippen molar-refractivity contribution in [2.75, 3.05) is 20.8 Å². The molecule has 16 heteroatoms. The van der Waals surface area contributed by atoms with Gasteiger partial charge >= 0.3 is 5.97 Å². The third kappa shape index (κ3) is 12.5. The molecule has 0 unspecified atom stereocenters. The number of fused-ring (bicyclic) bond motifs is 3. The molecule has 0 aromatic carbocycles. The number of allylic oxidation sites excluding steroid dienone is 1. The van der Waals surface area contributed by atoms with Crippen molar-refractivity contribution in [3.8, 4) is 0 Å². The molecule has 370 valence electrons. The third-order valence-corrected chi connectivity index (χ3v) is 15.1. The van der Waals surface area contributed by atoms with Crippen LogP contribution in [0.25, 0.3) is 0 Å². The van der Waals surface area contributed by atoms with Crippen LogP contribution in [0.4, 0.5) is 0 Å². The molecule has 5 aliphatic rings. The zero-order valence-corrected chi connectivity index (χ0v) is 39.9. The number of aliphatic hydroxyl groups is 7. The largest absolute Gasteiger partial charge is 0.459 e. The van der Waals surface area contributed by atoms with Crippen molar-refractivity contribution in [2.24, 2.45) is 29.6 Å². The fourth-order valence-corrected chi connectivity index (χ4v) is 10.4. The Hall–Kier alpha value is -1.61. The average molecular weight is 915 g/mol. The fourth-order valence-electron chi connectivity index (χ4n) is 10.4. The highest BCUT2D eigenvalue weighted by atomic mass is 16.7. The number of ether oxygens (including phenoxy) is 8. The quantitative estimate of drug-likeness (QED) is 0.142. The van der Waals surface area contributed by atoms with Crippen LogP contribution >= 0.6 is 0 Å². The molecule has 0 radical (unpaired) electrons. The molecule has 16 nitrogen and oxygen atoms in total. The minimum Gasteiger partial charge on any atom is -0.459 e. The fraction of sp³-hybridized carbons (Fsp3) is 0.896. The summed E-state index contributed by atoms with van der Waals surface area (Å²) in [5.41, 5.74) is -3.93. The molecule has 0 amide bonds. The van der Waals surface area contributed by atoms with Gasteiger partial charge in [0.1, 0.15) is 30.0 Å². The van der Waals surface area contributed by atoms with Crippen molar-refractivity contribution in [2.45, 2.75) is 222 Å². The molecule has 0 saturated carbocycles. The summed E-state index contributed by atoms with van der Waals surface area (Å²) in [6.07, 6.45) is -1.38. The lowest BCUT2D eigenvalue weighted by Gasteiger charge is -2.54. The summed E-state index contributed by atoms with van der Waals surface area (Å²) in [5.74, 6) is -4.44. The number of aliphatic hydroxyl groups excluding tert-OH is 5. The topological polar surface area (TPSA) is 233 Å². The Morgan fingerprint density at radius 1 is 0.906 bits per heavy atom. The first-order chi connectivity index (χ1) is 30.0. The van der Waals surface area contributed by atoms with Gasteiger partial charge in [-0.05, 0) is 83.6 Å². The highest BCUT2D eigenvalue weighted by Gasteiger charge is 2.55. The molecule has 5 rings (SSSR count). The Balaban J connectivity index is 1.51. The van der Waals surface area contributed by atoms with Crippen LogP contribution in [0, 0.1) is 29.6 Å². The van der Waals surface area contributed by atoms with Gasteiger partial charge in [0.2, 0.25) is 0 Å². The first-order valence-corrected chi connectivity index (χ1v) is 23.8. The van der Waals surface area contributed by atoms with Gasteiger partial charge < -0.3 is 73.6 Å². The van der Waals surface area contributed by atoms with Gasteiger partial charge in [-0.15, -0.1) is 0 Å². The molecule has 0 aliphatic carbocycles. The van der Waals surface area contributed by atoms with Gasteiger partial charge in [0.05, 0.1) is 54.9 Å². The van der Waals surface area contributed by atoms with E-state index in [9.17, 15) is 40.5 Å². The summed E-state index contributed by atoms with van der Waals surface area (Å²) in [6.45, 7) is 14.4. The maximum absolute atomic E-state index is 13.8. The molecule has 5 heterocycles. The van der Waals surface area contributed by atoms with E-state index < -0.39 is 102 Å². The number of hydrogen-bond donors (Lipinski definition) is 7. The van der Waals surface area contributed by atoms with E-state index in [4.69, 9.17) is 37.9 Å². The highest BCUT2D eigenvalue weighted by Crippen LogP contribution is 2.49. The summed E-state index contributed by atoms with van der Waals surface area (Å²) < 4.78 is 50.6. The Morgan fingerprint density at radius 3 is 2.30 bits per heavy atom. The lowest BCUT2D eigenvalue weighted by molar-refractivity contribution is -0.364. The molecular weight excluding hydrogens is 833 g/mol. The molecule has 0 aromatic heterocycles. The molecule has 1 spiro atoms. The third-order valence-electron chi connectivity index (χ3n) is 15.1. The van der Waals surface area contributed by atoms with Crippen molar-refractivity contribution in [3.63, 3.8) is 0 Å². The van der Waals surface area contributed by atoms with Gasteiger partial charge in [-0.1, -0.05) is 46.8 Å². The summed E-state index contributed by atoms with van der Waals surface area (Å²) in [7, 11) is 3.06. The summed E-state index contributed by atoms with van der Waals surface area (Å²) in [6, 6.07) is 0. The maximum Gasteiger partial charge on any atom is 0.330 e. The molecule has 64 heavy (non-hydrogen) atoms. The van der Waals surface area contributed by atoms with Gasteiger partial charge in [-0.3, -0.25) is 0 Å². The Morgan fingerprint density at radius 2 is 1.62 bits per heavy atom. The second kappa shape index (κ2) is 22.2. The van der Waals surface area contributed by atoms with Crippen LogP contribution in [0.2, 0.25) is 0 Å². The molecule has 21 atom stereocenters. The average Bonchev–Trinajstić information content (AvgIpc) is 3.25. The summed E-state index contributed by atoms with van der Waals surface area (Å²) in [4.78, 5) is 13.8. The Bertz CT molecular complexity index is 1540. The molecular formula is C48H82O16. The molecule has 2 bridgehead atoms. The monoisotopic (exact) mass is 915 g/mol. The van der Waals surface area contributed by atoms with Crippen molar-refractivity contribution >= 4 is 5.97 Å². The van der Waals surface area contributed by atoms with E-state index in [0.29, 0.717) is 38.7 Å². The van der Waals surface area contributed by atoms with E-state index in [0.717, 1.165) is 25.0 Å². The van der Waals surface area contributed by atoms with Crippen LogP contribution in [0.1, 0.15) is 126 Å². The van der Waals surface area contributed by atoms with E-state index in [1.54, 1.807) is 14.0 Å². The second-order valence-corrected chi connectivity index (χ2v) is 20.4. The van der Waals surface area contributed by atoms with Crippen molar-refractivity contribution in [1.82, 2.24) is 0 Å². The van der Waals surface area contributed by atoms with Gasteiger partial charge in [-0.2, -0.15) is 0 Å². The zero-order chi connectivity index (χ0) is 47.4. The first kappa shape index (κ1) is 53.3. The van der Waals surface area contributed by atoms with Crippen LogP contribution in [0.15, 0.2) is 24.3 Å². The number of carbonyl (C=O) groups excluding carboxylic acids is 1. The van der Waals surface area contributed by atoms with Crippen molar-refractivity contribution in [1.29, 1.82) is 0 Å². The van der Waals surface area contributed by atoms with Crippen LogP contribution < -0.4 is 0 Å². The van der Waals surface area contributed by atoms with E-state index >= 15 is 0 Å². The van der Waals surface area contributed by atoms with E-state index in [2.05, 4.69) is 19.9 Å². The standard InChI is InChI=1S/C48H82O16/c1-11-33(49)22-34-28(3)16-20-47(63-34)24-36-29(4)37(64-47)25-48(58-10)32(21-27(2)26-59-48)15-13-12-14-18-45(7,55)44(54)42(62-39-23-35(57-9)41(52)31(6)60-39)40(51)30(5)43(53)46(8,56)19-17-38(50)61-36/h13,15,17,19,27-37,39-44,49,51-56H,11-12,14,16,18,20-26H2,1-10H3/b15-13+,19-17+/t27-,28-,29-,30-,31+,32+,33+,34-,35-,36-,37-,39-,40+,41+,42-,43-,44+,45+,46+,47+,48-/m0/s1. The van der Waals surface area contributed by atoms with Gasteiger partial charge in [-0.25, -0.2) is 4.79 Å². The highest BCUT2D eigenvalue weighted by molar-refractivity contribution is 5.82. The molecule has 4 saturated heterocycles. The molecule has 7 N–H and O–H groups in total. The molecule has 0 aromatic rings. The number of rotatable bonds is 7. The van der Waals surface area contributed by atoms with E-state index in [1.807, 2.05) is 19.9 Å². The lowest BCUT2D eigenvalue weighted by Crippen LogP contribution is -2.60. The predicted molar refractivity (Wildman–Crippen MR) is 234 cm³/mol. The lowest BCUT2D eigenvalue weighted by atomic mass is 9.77. The number of carbonyl (C=O) groups is 1. The van der Waals surface area contributed by atoms with Gasteiger partial charge in [0.25, 0.3) is 0 Å². The van der Waals surface area contributed by atoms with Crippen molar-refractivity contribution < 1.29 is 78.4 Å². The minimum atomic E-state index is -2.11. The van der Waals surface area contributed by atoms with Gasteiger partial charge in [0.15, 0.2) is 17.9 Å². The van der Waals surface area contributed by atoms with Crippen LogP contribution in [-0.4, -0.2) is 159 Å². The van der Waals surface area contributed by atoms with Crippen LogP contribution in [-0.2, 0) is 42.7 Å². The number of methoxy groups -OCH3 is 2. The van der Waals surface area contributed by atoms with E-state index in [-0.39, 0.29) is 55.5 Å². The van der Waals surface area contributed by atoms with Crippen LogP contribution in [0.3, 0.4) is 0 Å². The molecule has 5 aliphatic heterocycles. The first-order valence-electron chi connectivity index (χ1n) is 23.8. The van der Waals surface area contributed by atoms with Crippen molar-refractivity contribution in [3.05, 3.63) is 24.3 Å². The Kier molecular flexibility index (Phi) is 18.5.